The minimum Gasteiger partial charge on any atom is -0.301 e. The summed E-state index contributed by atoms with van der Waals surface area (Å²) in [6.07, 6.45) is 2.43. The summed E-state index contributed by atoms with van der Waals surface area (Å²) in [6, 6.07) is 16.2. The molecular formula is C19H17Cl2N3S. The molecule has 3 nitrogen and oxygen atoms in total. The third-order valence-electron chi connectivity index (χ3n) is 4.22. The van der Waals surface area contributed by atoms with Crippen LogP contribution in [0.2, 0.25) is 10.0 Å². The van der Waals surface area contributed by atoms with Crippen molar-refractivity contribution in [3.8, 4) is 0 Å². The minimum atomic E-state index is 0.565. The van der Waals surface area contributed by atoms with E-state index in [-0.39, 0.29) is 0 Å². The molecule has 1 heterocycles. The van der Waals surface area contributed by atoms with Crippen LogP contribution >= 0.6 is 35.0 Å². The van der Waals surface area contributed by atoms with Gasteiger partial charge in [-0.15, -0.1) is 10.2 Å². The summed E-state index contributed by atoms with van der Waals surface area (Å²) in [5, 5.41) is 11.0. The molecular weight excluding hydrogens is 373 g/mol. The van der Waals surface area contributed by atoms with Gasteiger partial charge in [0.25, 0.3) is 0 Å². The number of halogens is 2. The van der Waals surface area contributed by atoms with Gasteiger partial charge in [0, 0.05) is 11.7 Å². The van der Waals surface area contributed by atoms with Gasteiger partial charge in [0.1, 0.15) is 5.82 Å². The summed E-state index contributed by atoms with van der Waals surface area (Å²) < 4.78 is 2.26. The molecule has 0 N–H and O–H groups in total. The normalized spacial score (nSPS) is 14.0. The number of nitrogens with zero attached hydrogens (tertiary/aromatic N) is 3. The van der Waals surface area contributed by atoms with Crippen molar-refractivity contribution in [3.63, 3.8) is 0 Å². The van der Waals surface area contributed by atoms with Crippen LogP contribution in [0.4, 0.5) is 0 Å². The number of hydrogen-bond donors (Lipinski definition) is 0. The number of aromatic nitrogens is 3. The van der Waals surface area contributed by atoms with Gasteiger partial charge in [-0.05, 0) is 36.1 Å². The first kappa shape index (κ1) is 17.0. The highest BCUT2D eigenvalue weighted by Crippen LogP contribution is 2.40. The first-order valence-electron chi connectivity index (χ1n) is 8.24. The van der Waals surface area contributed by atoms with E-state index in [1.807, 2.05) is 24.3 Å². The minimum absolute atomic E-state index is 0.565. The molecule has 1 fully saturated rings. The molecule has 3 aromatic rings. The summed E-state index contributed by atoms with van der Waals surface area (Å²) in [5.74, 6) is 2.46. The van der Waals surface area contributed by atoms with Crippen LogP contribution in [-0.4, -0.2) is 14.8 Å². The SMILES string of the molecule is Clc1ccc(CSc2nnc(C3CC3)n2Cc2ccccc2)cc1Cl. The third kappa shape index (κ3) is 4.02. The van der Waals surface area contributed by atoms with E-state index in [9.17, 15) is 0 Å². The summed E-state index contributed by atoms with van der Waals surface area (Å²) in [6.45, 7) is 0.809. The molecule has 0 aliphatic heterocycles. The summed E-state index contributed by atoms with van der Waals surface area (Å²) in [7, 11) is 0. The van der Waals surface area contributed by atoms with Gasteiger partial charge in [0.15, 0.2) is 5.16 Å². The molecule has 4 rings (SSSR count). The fourth-order valence-corrected chi connectivity index (χ4v) is 3.95. The molecule has 0 bridgehead atoms. The Hall–Kier alpha value is -1.49. The fraction of sp³-hybridized carbons (Fsp3) is 0.263. The third-order valence-corrected chi connectivity index (χ3v) is 6.00. The molecule has 1 saturated carbocycles. The van der Waals surface area contributed by atoms with Crippen molar-refractivity contribution >= 4 is 35.0 Å². The first-order chi connectivity index (χ1) is 12.2. The van der Waals surface area contributed by atoms with E-state index in [0.29, 0.717) is 16.0 Å². The Kier molecular flexibility index (Phi) is 5.02. The lowest BCUT2D eigenvalue weighted by atomic mass is 10.2. The highest BCUT2D eigenvalue weighted by molar-refractivity contribution is 7.98. The lowest BCUT2D eigenvalue weighted by Gasteiger charge is -2.10. The van der Waals surface area contributed by atoms with Crippen LogP contribution in [0.15, 0.2) is 53.7 Å². The standard InChI is InChI=1S/C19H17Cl2N3S/c20-16-9-6-14(10-17(16)21)12-25-19-23-22-18(15-7-8-15)24(19)11-13-4-2-1-3-5-13/h1-6,9-10,15H,7-8,11-12H2. The molecule has 6 heteroatoms. The zero-order valence-corrected chi connectivity index (χ0v) is 15.9. The average molecular weight is 390 g/mol. The predicted molar refractivity (Wildman–Crippen MR) is 104 cm³/mol. The number of hydrogen-bond acceptors (Lipinski definition) is 3. The zero-order valence-electron chi connectivity index (χ0n) is 13.5. The van der Waals surface area contributed by atoms with E-state index < -0.39 is 0 Å². The maximum atomic E-state index is 6.11. The van der Waals surface area contributed by atoms with Gasteiger partial charge in [-0.3, -0.25) is 0 Å². The monoisotopic (exact) mass is 389 g/mol. The molecule has 2 aromatic carbocycles. The quantitative estimate of drug-likeness (QED) is 0.498. The van der Waals surface area contributed by atoms with Crippen LogP contribution in [-0.2, 0) is 12.3 Å². The van der Waals surface area contributed by atoms with Gasteiger partial charge in [-0.25, -0.2) is 0 Å². The van der Waals surface area contributed by atoms with Crippen molar-refractivity contribution in [2.24, 2.45) is 0 Å². The number of thioether (sulfide) groups is 1. The molecule has 1 aliphatic rings. The summed E-state index contributed by atoms with van der Waals surface area (Å²) in [4.78, 5) is 0. The van der Waals surface area contributed by atoms with Crippen LogP contribution in [0.1, 0.15) is 35.7 Å². The Bertz CT molecular complexity index is 876. The van der Waals surface area contributed by atoms with Crippen LogP contribution in [0.25, 0.3) is 0 Å². The van der Waals surface area contributed by atoms with Gasteiger partial charge in [-0.1, -0.05) is 71.4 Å². The van der Waals surface area contributed by atoms with Gasteiger partial charge >= 0.3 is 0 Å². The van der Waals surface area contributed by atoms with Crippen molar-refractivity contribution in [1.82, 2.24) is 14.8 Å². The lowest BCUT2D eigenvalue weighted by Crippen LogP contribution is -2.06. The summed E-state index contributed by atoms with van der Waals surface area (Å²) in [5.41, 5.74) is 2.39. The molecule has 1 aromatic heterocycles. The second kappa shape index (κ2) is 7.40. The Labute approximate surface area is 161 Å². The van der Waals surface area contributed by atoms with Crippen LogP contribution < -0.4 is 0 Å². The largest absolute Gasteiger partial charge is 0.301 e. The van der Waals surface area contributed by atoms with Gasteiger partial charge < -0.3 is 4.57 Å². The van der Waals surface area contributed by atoms with E-state index in [4.69, 9.17) is 23.2 Å². The van der Waals surface area contributed by atoms with Gasteiger partial charge in [0.2, 0.25) is 0 Å². The van der Waals surface area contributed by atoms with Crippen LogP contribution in [0.3, 0.4) is 0 Å². The number of benzene rings is 2. The predicted octanol–water partition coefficient (Wildman–Crippen LogP) is 5.80. The smallest absolute Gasteiger partial charge is 0.191 e. The molecule has 25 heavy (non-hydrogen) atoms. The fourth-order valence-electron chi connectivity index (χ4n) is 2.74. The molecule has 0 amide bonds. The van der Waals surface area contributed by atoms with E-state index >= 15 is 0 Å². The highest BCUT2D eigenvalue weighted by atomic mass is 35.5. The van der Waals surface area contributed by atoms with E-state index in [0.717, 1.165) is 28.8 Å². The molecule has 0 unspecified atom stereocenters. The van der Waals surface area contributed by atoms with Crippen molar-refractivity contribution in [2.45, 2.75) is 36.2 Å². The topological polar surface area (TPSA) is 30.7 Å². The zero-order chi connectivity index (χ0) is 17.2. The van der Waals surface area contributed by atoms with Crippen LogP contribution in [0, 0.1) is 0 Å². The molecule has 0 radical (unpaired) electrons. The highest BCUT2D eigenvalue weighted by Gasteiger charge is 2.30. The molecule has 1 aliphatic carbocycles. The Morgan fingerprint density at radius 1 is 0.960 bits per heavy atom. The van der Waals surface area contributed by atoms with Gasteiger partial charge in [-0.2, -0.15) is 0 Å². The second-order valence-corrected chi connectivity index (χ2v) is 7.98. The Balaban J connectivity index is 1.55. The molecule has 0 atom stereocenters. The van der Waals surface area contributed by atoms with Crippen molar-refractivity contribution < 1.29 is 0 Å². The number of rotatable bonds is 6. The van der Waals surface area contributed by atoms with E-state index in [2.05, 4.69) is 39.0 Å². The maximum Gasteiger partial charge on any atom is 0.191 e. The van der Waals surface area contributed by atoms with Crippen molar-refractivity contribution in [3.05, 3.63) is 75.5 Å². The van der Waals surface area contributed by atoms with E-state index in [1.54, 1.807) is 11.8 Å². The van der Waals surface area contributed by atoms with Crippen molar-refractivity contribution in [2.75, 3.05) is 0 Å². The van der Waals surface area contributed by atoms with Crippen LogP contribution in [0.5, 0.6) is 0 Å². The second-order valence-electron chi connectivity index (χ2n) is 6.22. The maximum absolute atomic E-state index is 6.11. The Morgan fingerprint density at radius 2 is 1.76 bits per heavy atom. The molecule has 0 spiro atoms. The van der Waals surface area contributed by atoms with E-state index in [1.165, 1.54) is 18.4 Å². The summed E-state index contributed by atoms with van der Waals surface area (Å²) >= 11 is 13.8. The average Bonchev–Trinajstić information content (AvgIpc) is 3.39. The van der Waals surface area contributed by atoms with Gasteiger partial charge in [0.05, 0.1) is 16.6 Å². The Morgan fingerprint density at radius 3 is 2.48 bits per heavy atom. The molecule has 0 saturated heterocycles. The first-order valence-corrected chi connectivity index (χ1v) is 9.98. The van der Waals surface area contributed by atoms with Crippen molar-refractivity contribution in [1.29, 1.82) is 0 Å². The lowest BCUT2D eigenvalue weighted by molar-refractivity contribution is 0.667. The molecule has 128 valence electrons.